The monoisotopic (exact) mass is 298 g/mol. The first-order valence-corrected chi connectivity index (χ1v) is 7.97. The Kier molecular flexibility index (Phi) is 5.85. The van der Waals surface area contributed by atoms with Gasteiger partial charge < -0.3 is 20.5 Å². The molecular weight excluding hydrogens is 272 g/mol. The number of carbonyl (C=O) groups excluding carboxylic acids is 1. The molecule has 0 bridgehead atoms. The van der Waals surface area contributed by atoms with E-state index in [-0.39, 0.29) is 30.1 Å². The number of urea groups is 1. The largest absolute Gasteiger partial charge is 0.481 e. The number of carboxylic acids is 1. The average molecular weight is 298 g/mol. The molecule has 1 saturated heterocycles. The highest BCUT2D eigenvalue weighted by atomic mass is 16.5. The Balaban J connectivity index is 1.68. The van der Waals surface area contributed by atoms with Gasteiger partial charge in [-0.15, -0.1) is 0 Å². The van der Waals surface area contributed by atoms with Gasteiger partial charge in [0.2, 0.25) is 0 Å². The van der Waals surface area contributed by atoms with Gasteiger partial charge in [0.25, 0.3) is 0 Å². The van der Waals surface area contributed by atoms with Gasteiger partial charge in [0.15, 0.2) is 0 Å². The van der Waals surface area contributed by atoms with Crippen molar-refractivity contribution in [2.45, 2.75) is 70.1 Å². The Morgan fingerprint density at radius 2 is 1.86 bits per heavy atom. The molecule has 1 saturated carbocycles. The van der Waals surface area contributed by atoms with Crippen molar-refractivity contribution >= 4 is 12.0 Å². The molecule has 2 unspecified atom stereocenters. The summed E-state index contributed by atoms with van der Waals surface area (Å²) in [5.41, 5.74) is 0. The van der Waals surface area contributed by atoms with Crippen LogP contribution < -0.4 is 10.6 Å². The van der Waals surface area contributed by atoms with E-state index in [0.29, 0.717) is 12.8 Å². The van der Waals surface area contributed by atoms with Crippen molar-refractivity contribution in [2.24, 2.45) is 5.92 Å². The number of hydrogen-bond acceptors (Lipinski definition) is 3. The zero-order valence-corrected chi connectivity index (χ0v) is 12.6. The van der Waals surface area contributed by atoms with Gasteiger partial charge in [-0.3, -0.25) is 4.79 Å². The summed E-state index contributed by atoms with van der Waals surface area (Å²) in [6, 6.07) is -0.0869. The third-order valence-corrected chi connectivity index (χ3v) is 4.54. The molecule has 2 aliphatic rings. The molecule has 0 aromatic rings. The van der Waals surface area contributed by atoms with Gasteiger partial charge in [0.1, 0.15) is 0 Å². The number of amides is 2. The number of rotatable bonds is 4. The van der Waals surface area contributed by atoms with E-state index in [1.54, 1.807) is 0 Å². The van der Waals surface area contributed by atoms with E-state index in [4.69, 9.17) is 9.84 Å². The van der Waals surface area contributed by atoms with Crippen molar-refractivity contribution in [2.75, 3.05) is 6.61 Å². The molecule has 1 heterocycles. The zero-order valence-electron chi connectivity index (χ0n) is 12.6. The van der Waals surface area contributed by atoms with E-state index < -0.39 is 5.97 Å². The second-order valence-corrected chi connectivity index (χ2v) is 6.20. The number of nitrogens with one attached hydrogen (secondary N) is 2. The molecule has 2 amide bonds. The third-order valence-electron chi connectivity index (χ3n) is 4.54. The van der Waals surface area contributed by atoms with Crippen molar-refractivity contribution in [1.82, 2.24) is 10.6 Å². The van der Waals surface area contributed by atoms with Crippen LogP contribution >= 0.6 is 0 Å². The third kappa shape index (κ3) is 4.88. The fourth-order valence-electron chi connectivity index (χ4n) is 3.17. The van der Waals surface area contributed by atoms with Crippen LogP contribution in [0.25, 0.3) is 0 Å². The van der Waals surface area contributed by atoms with Gasteiger partial charge in [-0.25, -0.2) is 4.79 Å². The van der Waals surface area contributed by atoms with E-state index in [1.807, 2.05) is 6.92 Å². The van der Waals surface area contributed by atoms with Gasteiger partial charge in [0, 0.05) is 12.6 Å². The number of aliphatic carboxylic acids is 1. The molecule has 0 aromatic heterocycles. The van der Waals surface area contributed by atoms with Crippen LogP contribution in [-0.4, -0.2) is 41.9 Å². The van der Waals surface area contributed by atoms with Gasteiger partial charge in [-0.2, -0.15) is 0 Å². The molecule has 6 nitrogen and oxygen atoms in total. The first kappa shape index (κ1) is 16.1. The average Bonchev–Trinajstić information content (AvgIpc) is 2.48. The summed E-state index contributed by atoms with van der Waals surface area (Å²) < 4.78 is 5.66. The highest BCUT2D eigenvalue weighted by molar-refractivity contribution is 5.74. The van der Waals surface area contributed by atoms with Crippen molar-refractivity contribution in [3.05, 3.63) is 0 Å². The van der Waals surface area contributed by atoms with E-state index in [0.717, 1.165) is 38.7 Å². The molecule has 21 heavy (non-hydrogen) atoms. The zero-order chi connectivity index (χ0) is 15.2. The summed E-state index contributed by atoms with van der Waals surface area (Å²) in [5, 5.41) is 14.8. The predicted octanol–water partition coefficient (Wildman–Crippen LogP) is 1.89. The molecule has 2 fully saturated rings. The summed E-state index contributed by atoms with van der Waals surface area (Å²) in [7, 11) is 0. The molecule has 0 radical (unpaired) electrons. The second-order valence-electron chi connectivity index (χ2n) is 6.20. The summed E-state index contributed by atoms with van der Waals surface area (Å²) in [6.07, 6.45) is 6.10. The highest BCUT2D eigenvalue weighted by Crippen LogP contribution is 2.24. The van der Waals surface area contributed by atoms with Crippen LogP contribution in [-0.2, 0) is 9.53 Å². The minimum atomic E-state index is -0.721. The first-order chi connectivity index (χ1) is 10.1. The minimum absolute atomic E-state index is 0.000610. The molecule has 0 spiro atoms. The molecule has 1 aliphatic carbocycles. The fraction of sp³-hybridized carbons (Fsp3) is 0.867. The fourth-order valence-corrected chi connectivity index (χ4v) is 3.17. The summed E-state index contributed by atoms with van der Waals surface area (Å²) in [4.78, 5) is 22.9. The van der Waals surface area contributed by atoms with E-state index >= 15 is 0 Å². The lowest BCUT2D eigenvalue weighted by molar-refractivity contribution is -0.142. The van der Waals surface area contributed by atoms with Gasteiger partial charge in [-0.1, -0.05) is 0 Å². The lowest BCUT2D eigenvalue weighted by Gasteiger charge is -2.30. The van der Waals surface area contributed by atoms with E-state index in [2.05, 4.69) is 10.6 Å². The lowest BCUT2D eigenvalue weighted by atomic mass is 9.86. The van der Waals surface area contributed by atoms with Gasteiger partial charge in [-0.05, 0) is 51.9 Å². The van der Waals surface area contributed by atoms with Crippen LogP contribution in [0.4, 0.5) is 4.79 Å². The number of hydrogen-bond donors (Lipinski definition) is 3. The van der Waals surface area contributed by atoms with Gasteiger partial charge >= 0.3 is 12.0 Å². The Morgan fingerprint density at radius 1 is 1.14 bits per heavy atom. The molecule has 2 atom stereocenters. The topological polar surface area (TPSA) is 87.7 Å². The summed E-state index contributed by atoms with van der Waals surface area (Å²) in [6.45, 7) is 2.74. The second kappa shape index (κ2) is 7.64. The number of carboxylic acid groups (broad SMARTS) is 1. The Bertz CT molecular complexity index is 361. The lowest BCUT2D eigenvalue weighted by Crippen LogP contribution is -2.50. The van der Waals surface area contributed by atoms with Gasteiger partial charge in [0.05, 0.1) is 18.1 Å². The highest BCUT2D eigenvalue weighted by Gasteiger charge is 2.28. The van der Waals surface area contributed by atoms with Crippen molar-refractivity contribution < 1.29 is 19.4 Å². The minimum Gasteiger partial charge on any atom is -0.481 e. The van der Waals surface area contributed by atoms with Crippen molar-refractivity contribution in [3.8, 4) is 0 Å². The van der Waals surface area contributed by atoms with Crippen molar-refractivity contribution in [3.63, 3.8) is 0 Å². The van der Waals surface area contributed by atoms with Crippen LogP contribution in [0.15, 0.2) is 0 Å². The Hall–Kier alpha value is -1.30. The summed E-state index contributed by atoms with van der Waals surface area (Å²) >= 11 is 0. The smallest absolute Gasteiger partial charge is 0.315 e. The number of ether oxygens (including phenoxy) is 1. The molecule has 0 aromatic carbocycles. The molecule has 120 valence electrons. The molecule has 3 N–H and O–H groups in total. The Morgan fingerprint density at radius 3 is 2.43 bits per heavy atom. The predicted molar refractivity (Wildman–Crippen MR) is 78.1 cm³/mol. The van der Waals surface area contributed by atoms with Crippen LogP contribution in [0, 0.1) is 5.92 Å². The van der Waals surface area contributed by atoms with Crippen molar-refractivity contribution in [1.29, 1.82) is 0 Å². The Labute approximate surface area is 125 Å². The first-order valence-electron chi connectivity index (χ1n) is 7.97. The van der Waals surface area contributed by atoms with Crippen LogP contribution in [0.3, 0.4) is 0 Å². The van der Waals surface area contributed by atoms with E-state index in [9.17, 15) is 9.59 Å². The SMILES string of the molecule is CC(NC(=O)NC1CCC(C(=O)O)CC1)C1CCCCO1. The standard InChI is InChI=1S/C15H26N2O4/c1-10(13-4-2-3-9-21-13)16-15(20)17-12-7-5-11(6-8-12)14(18)19/h10-13H,2-9H2,1H3,(H,18,19)(H2,16,17,20). The van der Waals surface area contributed by atoms with Crippen LogP contribution in [0.2, 0.25) is 0 Å². The molecule has 1 aliphatic heterocycles. The molecule has 6 heteroatoms. The quantitative estimate of drug-likeness (QED) is 0.739. The summed E-state index contributed by atoms with van der Waals surface area (Å²) in [5.74, 6) is -0.971. The maximum Gasteiger partial charge on any atom is 0.315 e. The van der Waals surface area contributed by atoms with E-state index in [1.165, 1.54) is 0 Å². The maximum absolute atomic E-state index is 12.0. The molecule has 2 rings (SSSR count). The van der Waals surface area contributed by atoms with Crippen LogP contribution in [0.1, 0.15) is 51.9 Å². The normalized spacial score (nSPS) is 31.2. The molecular formula is C15H26N2O4. The van der Waals surface area contributed by atoms with Crippen LogP contribution in [0.5, 0.6) is 0 Å². The maximum atomic E-state index is 12.0. The number of carbonyl (C=O) groups is 2.